The number of ether oxygens (including phenoxy) is 2. The molecule has 0 spiro atoms. The molecule has 0 radical (unpaired) electrons. The van der Waals surface area contributed by atoms with Crippen LogP contribution in [0.15, 0.2) is 12.2 Å². The van der Waals surface area contributed by atoms with E-state index in [0.717, 1.165) is 6.54 Å². The Kier molecular flexibility index (Phi) is 2.39. The van der Waals surface area contributed by atoms with E-state index in [1.165, 1.54) is 31.4 Å². The van der Waals surface area contributed by atoms with Gasteiger partial charge in [0, 0.05) is 12.6 Å². The van der Waals surface area contributed by atoms with E-state index in [1.54, 1.807) is 0 Å². The van der Waals surface area contributed by atoms with Gasteiger partial charge in [0.2, 0.25) is 0 Å². The van der Waals surface area contributed by atoms with Crippen LogP contribution in [0.1, 0.15) is 33.1 Å². The second-order valence-corrected chi connectivity index (χ2v) is 5.68. The third kappa shape index (κ3) is 1.62. The number of piperidine rings is 2. The van der Waals surface area contributed by atoms with Crippen LogP contribution < -0.4 is 0 Å². The molecule has 0 aromatic heterocycles. The molecule has 3 aliphatic rings. The highest BCUT2D eigenvalue weighted by atomic mass is 16.8. The summed E-state index contributed by atoms with van der Waals surface area (Å²) in [4.78, 5) is 2.53. The van der Waals surface area contributed by atoms with Crippen molar-refractivity contribution in [3.63, 3.8) is 0 Å². The minimum atomic E-state index is -0.438. The zero-order valence-electron chi connectivity index (χ0n) is 10.2. The maximum Gasteiger partial charge on any atom is 0.164 e. The monoisotopic (exact) mass is 223 g/mol. The number of hydrogen-bond acceptors (Lipinski definition) is 3. The molecule has 16 heavy (non-hydrogen) atoms. The fourth-order valence-electron chi connectivity index (χ4n) is 3.33. The molecule has 0 unspecified atom stereocenters. The molecule has 3 heterocycles. The lowest BCUT2D eigenvalue weighted by atomic mass is 9.86. The summed E-state index contributed by atoms with van der Waals surface area (Å²) in [6, 6.07) is 0.535. The summed E-state index contributed by atoms with van der Waals surface area (Å²) in [7, 11) is 0. The molecule has 0 aromatic carbocycles. The Labute approximate surface area is 97.4 Å². The Balaban J connectivity index is 1.82. The highest BCUT2D eigenvalue weighted by Crippen LogP contribution is 2.39. The van der Waals surface area contributed by atoms with Crippen LogP contribution in [0.25, 0.3) is 0 Å². The van der Waals surface area contributed by atoms with Crippen molar-refractivity contribution >= 4 is 0 Å². The normalized spacial score (nSPS) is 42.9. The van der Waals surface area contributed by atoms with Crippen LogP contribution in [0.3, 0.4) is 0 Å². The number of rotatable bonds is 0. The summed E-state index contributed by atoms with van der Waals surface area (Å²) in [5.74, 6) is -0.438. The van der Waals surface area contributed by atoms with Crippen molar-refractivity contribution in [2.24, 2.45) is 0 Å². The third-order valence-electron chi connectivity index (χ3n) is 4.01. The predicted octanol–water partition coefficient (Wildman–Crippen LogP) is 1.93. The first-order valence-electron chi connectivity index (χ1n) is 6.35. The van der Waals surface area contributed by atoms with Crippen molar-refractivity contribution in [1.29, 1.82) is 0 Å². The lowest BCUT2D eigenvalue weighted by Gasteiger charge is -2.44. The molecule has 0 aliphatic carbocycles. The van der Waals surface area contributed by atoms with E-state index in [0.29, 0.717) is 6.04 Å². The average molecular weight is 223 g/mol. The van der Waals surface area contributed by atoms with E-state index in [2.05, 4.69) is 11.5 Å². The van der Waals surface area contributed by atoms with Gasteiger partial charge >= 0.3 is 0 Å². The van der Waals surface area contributed by atoms with Crippen LogP contribution in [0, 0.1) is 0 Å². The standard InChI is InChI=1S/C13H21NO2/c1-9-10-6-4-5-7-14(10)8-11-12(9)16-13(2,3)15-11/h10-12H,1,4-8H2,2-3H3/t10-,11+,12+/m1/s1. The van der Waals surface area contributed by atoms with Gasteiger partial charge in [-0.25, -0.2) is 0 Å². The van der Waals surface area contributed by atoms with E-state index in [9.17, 15) is 0 Å². The summed E-state index contributed by atoms with van der Waals surface area (Å²) in [6.45, 7) is 10.5. The second-order valence-electron chi connectivity index (χ2n) is 5.68. The first-order chi connectivity index (χ1) is 7.57. The Bertz CT molecular complexity index is 313. The van der Waals surface area contributed by atoms with Gasteiger partial charge in [-0.1, -0.05) is 13.0 Å². The minimum Gasteiger partial charge on any atom is -0.343 e. The minimum absolute atomic E-state index is 0.120. The van der Waals surface area contributed by atoms with E-state index in [1.807, 2.05) is 13.8 Å². The summed E-state index contributed by atoms with van der Waals surface area (Å²) >= 11 is 0. The number of hydrogen-bond donors (Lipinski definition) is 0. The van der Waals surface area contributed by atoms with Crippen molar-refractivity contribution in [3.8, 4) is 0 Å². The van der Waals surface area contributed by atoms with Gasteiger partial charge in [0.25, 0.3) is 0 Å². The van der Waals surface area contributed by atoms with Crippen molar-refractivity contribution in [2.45, 2.75) is 57.1 Å². The van der Waals surface area contributed by atoms with Gasteiger partial charge in [0.05, 0.1) is 0 Å². The molecule has 0 N–H and O–H groups in total. The van der Waals surface area contributed by atoms with Crippen LogP contribution >= 0.6 is 0 Å². The first-order valence-corrected chi connectivity index (χ1v) is 6.35. The van der Waals surface area contributed by atoms with E-state index in [4.69, 9.17) is 9.47 Å². The quantitative estimate of drug-likeness (QED) is 0.586. The molecule has 3 rings (SSSR count). The first kappa shape index (κ1) is 10.8. The molecule has 0 bridgehead atoms. The van der Waals surface area contributed by atoms with E-state index in [-0.39, 0.29) is 12.2 Å². The van der Waals surface area contributed by atoms with Crippen molar-refractivity contribution in [1.82, 2.24) is 4.90 Å². The van der Waals surface area contributed by atoms with Gasteiger partial charge in [-0.15, -0.1) is 0 Å². The highest BCUT2D eigenvalue weighted by molar-refractivity contribution is 5.20. The van der Waals surface area contributed by atoms with E-state index >= 15 is 0 Å². The molecule has 3 fully saturated rings. The van der Waals surface area contributed by atoms with Crippen LogP contribution in [0.2, 0.25) is 0 Å². The SMILES string of the molecule is C=C1[C@H]2CCCCN2C[C@@H]2OC(C)(C)O[C@@H]12. The van der Waals surface area contributed by atoms with Gasteiger partial charge in [-0.05, 0) is 38.8 Å². The molecule has 0 saturated carbocycles. The van der Waals surface area contributed by atoms with Crippen LogP contribution in [0.4, 0.5) is 0 Å². The fraction of sp³-hybridized carbons (Fsp3) is 0.846. The summed E-state index contributed by atoms with van der Waals surface area (Å²) in [6.07, 6.45) is 4.19. The topological polar surface area (TPSA) is 21.7 Å². The van der Waals surface area contributed by atoms with E-state index < -0.39 is 5.79 Å². The number of nitrogens with zero attached hydrogens (tertiary/aromatic N) is 1. The molecule has 3 aliphatic heterocycles. The third-order valence-corrected chi connectivity index (χ3v) is 4.01. The van der Waals surface area contributed by atoms with Gasteiger partial charge in [-0.3, -0.25) is 4.90 Å². The molecule has 0 amide bonds. The molecular weight excluding hydrogens is 202 g/mol. The zero-order valence-corrected chi connectivity index (χ0v) is 10.2. The fourth-order valence-corrected chi connectivity index (χ4v) is 3.33. The largest absolute Gasteiger partial charge is 0.343 e. The molecular formula is C13H21NO2. The lowest BCUT2D eigenvalue weighted by molar-refractivity contribution is -0.143. The van der Waals surface area contributed by atoms with Gasteiger partial charge in [-0.2, -0.15) is 0 Å². The van der Waals surface area contributed by atoms with Gasteiger partial charge in [0.1, 0.15) is 12.2 Å². The molecule has 3 atom stereocenters. The smallest absolute Gasteiger partial charge is 0.164 e. The van der Waals surface area contributed by atoms with Gasteiger partial charge < -0.3 is 9.47 Å². The lowest BCUT2D eigenvalue weighted by Crippen LogP contribution is -2.54. The Hall–Kier alpha value is -0.380. The molecule has 90 valence electrons. The molecule has 3 saturated heterocycles. The Morgan fingerprint density at radius 1 is 1.31 bits per heavy atom. The summed E-state index contributed by atoms with van der Waals surface area (Å²) < 4.78 is 11.9. The number of fused-ring (bicyclic) bond motifs is 2. The highest BCUT2D eigenvalue weighted by Gasteiger charge is 2.49. The second kappa shape index (κ2) is 3.56. The van der Waals surface area contributed by atoms with Crippen LogP contribution in [-0.2, 0) is 9.47 Å². The molecule has 0 aromatic rings. The Morgan fingerprint density at radius 2 is 2.12 bits per heavy atom. The van der Waals surface area contributed by atoms with Crippen molar-refractivity contribution in [3.05, 3.63) is 12.2 Å². The predicted molar refractivity (Wildman–Crippen MR) is 62.2 cm³/mol. The molecule has 3 nitrogen and oxygen atoms in total. The van der Waals surface area contributed by atoms with Crippen molar-refractivity contribution < 1.29 is 9.47 Å². The van der Waals surface area contributed by atoms with Crippen LogP contribution in [0.5, 0.6) is 0 Å². The average Bonchev–Trinajstić information content (AvgIpc) is 2.53. The van der Waals surface area contributed by atoms with Crippen molar-refractivity contribution in [2.75, 3.05) is 13.1 Å². The summed E-state index contributed by atoms with van der Waals surface area (Å²) in [5, 5.41) is 0. The maximum atomic E-state index is 5.97. The summed E-state index contributed by atoms with van der Waals surface area (Å²) in [5.41, 5.74) is 1.24. The molecule has 3 heteroatoms. The Morgan fingerprint density at radius 3 is 2.94 bits per heavy atom. The van der Waals surface area contributed by atoms with Crippen LogP contribution in [-0.4, -0.2) is 42.0 Å². The zero-order chi connectivity index (χ0) is 11.3. The maximum absolute atomic E-state index is 5.97. The van der Waals surface area contributed by atoms with Gasteiger partial charge in [0.15, 0.2) is 5.79 Å².